The highest BCUT2D eigenvalue weighted by Crippen LogP contribution is 2.37. The SMILES string of the molecule is COCCCC(=O)CCc1c(C)c2cc(OCCN3CCOCC3)c(O)c(C=O)c2oc1=O. The second kappa shape index (κ2) is 11.9. The van der Waals surface area contributed by atoms with Gasteiger partial charge in [-0.15, -0.1) is 0 Å². The molecule has 9 heteroatoms. The van der Waals surface area contributed by atoms with Crippen molar-refractivity contribution in [1.82, 2.24) is 4.90 Å². The number of carbonyl (C=O) groups excluding carboxylic acids is 2. The van der Waals surface area contributed by atoms with Gasteiger partial charge in [0, 0.05) is 57.1 Å². The van der Waals surface area contributed by atoms with Gasteiger partial charge in [0.25, 0.3) is 0 Å². The fourth-order valence-corrected chi connectivity index (χ4v) is 3.93. The van der Waals surface area contributed by atoms with E-state index in [1.54, 1.807) is 20.1 Å². The number of rotatable bonds is 12. The van der Waals surface area contributed by atoms with Gasteiger partial charge >= 0.3 is 5.63 Å². The molecular formula is C24H31NO8. The minimum absolute atomic E-state index is 0.0145. The van der Waals surface area contributed by atoms with Crippen LogP contribution >= 0.6 is 0 Å². The van der Waals surface area contributed by atoms with E-state index in [0.717, 1.165) is 13.1 Å². The summed E-state index contributed by atoms with van der Waals surface area (Å²) in [5.41, 5.74) is 0.251. The number of aromatic hydroxyl groups is 1. The van der Waals surface area contributed by atoms with E-state index >= 15 is 0 Å². The Morgan fingerprint density at radius 1 is 1.24 bits per heavy atom. The van der Waals surface area contributed by atoms with Crippen LogP contribution in [0.1, 0.15) is 40.7 Å². The molecule has 180 valence electrons. The minimum atomic E-state index is -0.617. The zero-order chi connectivity index (χ0) is 23.8. The summed E-state index contributed by atoms with van der Waals surface area (Å²) in [6.07, 6.45) is 1.92. The van der Waals surface area contributed by atoms with E-state index < -0.39 is 5.63 Å². The van der Waals surface area contributed by atoms with E-state index in [4.69, 9.17) is 18.6 Å². The highest BCUT2D eigenvalue weighted by molar-refractivity contribution is 6.00. The number of carbonyl (C=O) groups is 2. The van der Waals surface area contributed by atoms with Gasteiger partial charge in [0.2, 0.25) is 0 Å². The van der Waals surface area contributed by atoms with Gasteiger partial charge in [-0.1, -0.05) is 0 Å². The molecule has 0 amide bonds. The van der Waals surface area contributed by atoms with Crippen LogP contribution < -0.4 is 10.4 Å². The second-order valence-corrected chi connectivity index (χ2v) is 8.06. The summed E-state index contributed by atoms with van der Waals surface area (Å²) in [4.78, 5) is 38.6. The van der Waals surface area contributed by atoms with Crippen molar-refractivity contribution in [3.05, 3.63) is 33.2 Å². The Balaban J connectivity index is 1.82. The third-order valence-corrected chi connectivity index (χ3v) is 5.90. The zero-order valence-corrected chi connectivity index (χ0v) is 19.2. The molecule has 1 aliphatic heterocycles. The fraction of sp³-hybridized carbons (Fsp3) is 0.542. The lowest BCUT2D eigenvalue weighted by molar-refractivity contribution is -0.119. The third-order valence-electron chi connectivity index (χ3n) is 5.90. The molecule has 0 atom stereocenters. The maximum Gasteiger partial charge on any atom is 0.339 e. The minimum Gasteiger partial charge on any atom is -0.504 e. The summed E-state index contributed by atoms with van der Waals surface area (Å²) >= 11 is 0. The second-order valence-electron chi connectivity index (χ2n) is 8.06. The average molecular weight is 462 g/mol. The molecule has 0 radical (unpaired) electrons. The standard InChI is InChI=1S/C24H31NO8/c1-16-18(6-5-17(27)4-3-10-30-2)24(29)33-23-19(16)14-21(22(28)20(23)15-26)32-13-9-25-7-11-31-12-8-25/h14-15,28H,3-13H2,1-2H3. The number of aryl methyl sites for hydroxylation is 1. The summed E-state index contributed by atoms with van der Waals surface area (Å²) < 4.78 is 21.5. The van der Waals surface area contributed by atoms with Gasteiger partial charge < -0.3 is 23.7 Å². The number of benzene rings is 1. The molecule has 1 N–H and O–H groups in total. The molecular weight excluding hydrogens is 430 g/mol. The van der Waals surface area contributed by atoms with Crippen LogP contribution in [0.15, 0.2) is 15.3 Å². The first-order valence-electron chi connectivity index (χ1n) is 11.2. The van der Waals surface area contributed by atoms with Gasteiger partial charge in [0.1, 0.15) is 18.0 Å². The molecule has 1 aromatic carbocycles. The van der Waals surface area contributed by atoms with E-state index in [1.165, 1.54) is 0 Å². The molecule has 1 aliphatic rings. The summed E-state index contributed by atoms with van der Waals surface area (Å²) in [6, 6.07) is 1.58. The van der Waals surface area contributed by atoms with Crippen LogP contribution in [0.3, 0.4) is 0 Å². The summed E-state index contributed by atoms with van der Waals surface area (Å²) in [5.74, 6) is -0.170. The number of morpholine rings is 1. The molecule has 0 saturated carbocycles. The van der Waals surface area contributed by atoms with Gasteiger partial charge in [-0.25, -0.2) is 4.79 Å². The number of Topliss-reactive ketones (excluding diaryl/α,β-unsaturated/α-hetero) is 1. The fourth-order valence-electron chi connectivity index (χ4n) is 3.93. The first-order valence-corrected chi connectivity index (χ1v) is 11.2. The monoisotopic (exact) mass is 461 g/mol. The Bertz CT molecular complexity index is 1040. The van der Waals surface area contributed by atoms with Crippen molar-refractivity contribution >= 4 is 23.0 Å². The van der Waals surface area contributed by atoms with Crippen LogP contribution in [-0.2, 0) is 20.7 Å². The number of aldehydes is 1. The molecule has 33 heavy (non-hydrogen) atoms. The number of ketones is 1. The van der Waals surface area contributed by atoms with Crippen molar-refractivity contribution in [2.45, 2.75) is 32.6 Å². The highest BCUT2D eigenvalue weighted by Gasteiger charge is 2.21. The molecule has 0 aliphatic carbocycles. The summed E-state index contributed by atoms with van der Waals surface area (Å²) in [5, 5.41) is 11.0. The number of hydrogen-bond acceptors (Lipinski definition) is 9. The first-order chi connectivity index (χ1) is 16.0. The van der Waals surface area contributed by atoms with Crippen LogP contribution in [0.5, 0.6) is 11.5 Å². The van der Waals surface area contributed by atoms with Crippen LogP contribution in [0.25, 0.3) is 11.0 Å². The third kappa shape index (κ3) is 6.19. The normalized spacial score (nSPS) is 14.5. The van der Waals surface area contributed by atoms with E-state index in [-0.39, 0.29) is 41.3 Å². The van der Waals surface area contributed by atoms with E-state index in [9.17, 15) is 19.5 Å². The molecule has 1 fully saturated rings. The lowest BCUT2D eigenvalue weighted by atomic mass is 9.98. The van der Waals surface area contributed by atoms with Crippen LogP contribution in [0.4, 0.5) is 0 Å². The number of nitrogens with zero attached hydrogens (tertiary/aromatic N) is 1. The number of hydrogen-bond donors (Lipinski definition) is 1. The molecule has 2 aromatic rings. The van der Waals surface area contributed by atoms with Crippen molar-refractivity contribution in [1.29, 1.82) is 0 Å². The molecule has 9 nitrogen and oxygen atoms in total. The van der Waals surface area contributed by atoms with Crippen molar-refractivity contribution in [3.8, 4) is 11.5 Å². The van der Waals surface area contributed by atoms with E-state index in [0.29, 0.717) is 68.6 Å². The molecule has 2 heterocycles. The average Bonchev–Trinajstić information content (AvgIpc) is 2.81. The molecule has 0 bridgehead atoms. The molecule has 0 unspecified atom stereocenters. The van der Waals surface area contributed by atoms with Crippen molar-refractivity contribution < 1.29 is 33.3 Å². The number of ether oxygens (including phenoxy) is 3. The van der Waals surface area contributed by atoms with Gasteiger partial charge in [-0.3, -0.25) is 14.5 Å². The Kier molecular flexibility index (Phi) is 8.99. The number of methoxy groups -OCH3 is 1. The first kappa shape index (κ1) is 24.9. The van der Waals surface area contributed by atoms with Gasteiger partial charge in [-0.2, -0.15) is 0 Å². The van der Waals surface area contributed by atoms with Gasteiger partial charge in [0.15, 0.2) is 23.4 Å². The number of phenolic OH excluding ortho intramolecular Hbond substituents is 1. The number of fused-ring (bicyclic) bond motifs is 1. The zero-order valence-electron chi connectivity index (χ0n) is 19.2. The highest BCUT2D eigenvalue weighted by atomic mass is 16.5. The van der Waals surface area contributed by atoms with Crippen LogP contribution in [0, 0.1) is 6.92 Å². The Morgan fingerprint density at radius 2 is 2.00 bits per heavy atom. The molecule has 3 rings (SSSR count). The van der Waals surface area contributed by atoms with Crippen molar-refractivity contribution in [2.75, 3.05) is 53.2 Å². The van der Waals surface area contributed by atoms with Crippen molar-refractivity contribution in [3.63, 3.8) is 0 Å². The van der Waals surface area contributed by atoms with Crippen LogP contribution in [-0.4, -0.2) is 75.2 Å². The molecule has 1 saturated heterocycles. The maximum absolute atomic E-state index is 12.6. The predicted molar refractivity (Wildman–Crippen MR) is 121 cm³/mol. The van der Waals surface area contributed by atoms with E-state index in [1.807, 2.05) is 0 Å². The quantitative estimate of drug-likeness (QED) is 0.289. The molecule has 0 spiro atoms. The predicted octanol–water partition coefficient (Wildman–Crippen LogP) is 2.26. The summed E-state index contributed by atoms with van der Waals surface area (Å²) in [6.45, 7) is 6.18. The number of phenols is 1. The van der Waals surface area contributed by atoms with Gasteiger partial charge in [-0.05, 0) is 31.4 Å². The van der Waals surface area contributed by atoms with Crippen LogP contribution in [0.2, 0.25) is 0 Å². The summed E-state index contributed by atoms with van der Waals surface area (Å²) in [7, 11) is 1.58. The lowest BCUT2D eigenvalue weighted by Gasteiger charge is -2.26. The Morgan fingerprint density at radius 3 is 2.70 bits per heavy atom. The Hall–Kier alpha value is -2.75. The smallest absolute Gasteiger partial charge is 0.339 e. The van der Waals surface area contributed by atoms with Gasteiger partial charge in [0.05, 0.1) is 13.2 Å². The maximum atomic E-state index is 12.6. The lowest BCUT2D eigenvalue weighted by Crippen LogP contribution is -2.38. The largest absolute Gasteiger partial charge is 0.504 e. The van der Waals surface area contributed by atoms with E-state index in [2.05, 4.69) is 4.90 Å². The Labute approximate surface area is 192 Å². The molecule has 1 aromatic heterocycles. The topological polar surface area (TPSA) is 116 Å². The van der Waals surface area contributed by atoms with Crippen molar-refractivity contribution in [2.24, 2.45) is 0 Å².